The van der Waals surface area contributed by atoms with Gasteiger partial charge in [-0.15, -0.1) is 0 Å². The van der Waals surface area contributed by atoms with Gasteiger partial charge in [0.15, 0.2) is 0 Å². The Morgan fingerprint density at radius 3 is 1.02 bits per heavy atom. The van der Waals surface area contributed by atoms with Crippen molar-refractivity contribution in [3.05, 3.63) is 201 Å². The first kappa shape index (κ1) is 26.2. The standard InChI is InChI=1S/C46H32N2/c1-27-19-21-41-37(23-27)45(33-15-7-3-11-29(33)30-12-4-8-16-34(30)45)39-25-40-44(26-43(39)47-41)48-42-22-20-28(2)24-38(42)46(40)35-17-9-5-13-31(35)32-14-6-10-18-36(32)46/h3-26,47-48H,1-2H3. The van der Waals surface area contributed by atoms with E-state index in [1.54, 1.807) is 0 Å². The first-order chi connectivity index (χ1) is 23.6. The minimum atomic E-state index is -0.476. The molecule has 11 rings (SSSR count). The minimum absolute atomic E-state index is 0.476. The molecule has 2 aliphatic heterocycles. The highest BCUT2D eigenvalue weighted by molar-refractivity contribution is 5.97. The van der Waals surface area contributed by atoms with Crippen molar-refractivity contribution in [2.24, 2.45) is 0 Å². The summed E-state index contributed by atoms with van der Waals surface area (Å²) in [5.41, 5.74) is 22.1. The fourth-order valence-electron chi connectivity index (χ4n) is 9.79. The van der Waals surface area contributed by atoms with Gasteiger partial charge in [-0.05, 0) is 105 Å². The fraction of sp³-hybridized carbons (Fsp3) is 0.0870. The number of rotatable bonds is 0. The highest BCUT2D eigenvalue weighted by Crippen LogP contribution is 2.65. The molecule has 0 saturated heterocycles. The fourth-order valence-corrected chi connectivity index (χ4v) is 9.79. The van der Waals surface area contributed by atoms with Crippen LogP contribution in [0.2, 0.25) is 0 Å². The first-order valence-corrected chi connectivity index (χ1v) is 16.9. The molecule has 2 heteroatoms. The van der Waals surface area contributed by atoms with Gasteiger partial charge in [0.05, 0.1) is 10.8 Å². The molecular formula is C46H32N2. The molecule has 0 unspecified atom stereocenters. The van der Waals surface area contributed by atoms with Gasteiger partial charge in [-0.3, -0.25) is 0 Å². The van der Waals surface area contributed by atoms with Gasteiger partial charge in [0.1, 0.15) is 0 Å². The maximum absolute atomic E-state index is 3.94. The number of hydrogen-bond donors (Lipinski definition) is 2. The highest BCUT2D eigenvalue weighted by Gasteiger charge is 2.54. The SMILES string of the molecule is Cc1ccc2c(c1)C1(c3cc4c(cc3N2)Nc2ccc(C)cc2C42c3ccccc3-c3ccccc32)c2ccccc2-c2ccccc21. The predicted octanol–water partition coefficient (Wildman–Crippen LogP) is 11.1. The zero-order valence-corrected chi connectivity index (χ0v) is 26.9. The molecule has 2 N–H and O–H groups in total. The van der Waals surface area contributed by atoms with Crippen LogP contribution in [-0.2, 0) is 10.8 Å². The van der Waals surface area contributed by atoms with Crippen LogP contribution < -0.4 is 10.6 Å². The molecule has 0 atom stereocenters. The first-order valence-electron chi connectivity index (χ1n) is 16.9. The van der Waals surface area contributed by atoms with Crippen LogP contribution in [0, 0.1) is 13.8 Å². The molecule has 4 aliphatic rings. The second-order valence-corrected chi connectivity index (χ2v) is 14.0. The van der Waals surface area contributed by atoms with E-state index >= 15 is 0 Å². The second-order valence-electron chi connectivity index (χ2n) is 14.0. The summed E-state index contributed by atoms with van der Waals surface area (Å²) in [6.45, 7) is 4.43. The molecule has 2 nitrogen and oxygen atoms in total. The second kappa shape index (κ2) is 8.93. The maximum Gasteiger partial charge on any atom is 0.0754 e. The molecule has 0 amide bonds. The van der Waals surface area contributed by atoms with E-state index in [4.69, 9.17) is 0 Å². The number of anilines is 4. The molecule has 2 spiro atoms. The zero-order valence-electron chi connectivity index (χ0n) is 26.9. The van der Waals surface area contributed by atoms with Crippen molar-refractivity contribution in [3.63, 3.8) is 0 Å². The summed E-state index contributed by atoms with van der Waals surface area (Å²) in [7, 11) is 0. The topological polar surface area (TPSA) is 24.1 Å². The van der Waals surface area contributed by atoms with Gasteiger partial charge in [0.2, 0.25) is 0 Å². The summed E-state index contributed by atoms with van der Waals surface area (Å²) in [5.74, 6) is 0. The van der Waals surface area contributed by atoms with Crippen LogP contribution in [0.4, 0.5) is 22.7 Å². The van der Waals surface area contributed by atoms with Crippen molar-refractivity contribution >= 4 is 22.7 Å². The van der Waals surface area contributed by atoms with Crippen molar-refractivity contribution in [2.75, 3.05) is 10.6 Å². The molecule has 0 radical (unpaired) electrons. The van der Waals surface area contributed by atoms with E-state index in [1.807, 2.05) is 0 Å². The van der Waals surface area contributed by atoms with Gasteiger partial charge in [-0.2, -0.15) is 0 Å². The molecule has 0 saturated carbocycles. The monoisotopic (exact) mass is 612 g/mol. The van der Waals surface area contributed by atoms with Gasteiger partial charge in [0.25, 0.3) is 0 Å². The van der Waals surface area contributed by atoms with Gasteiger partial charge in [-0.1, -0.05) is 132 Å². The van der Waals surface area contributed by atoms with E-state index in [-0.39, 0.29) is 0 Å². The number of hydrogen-bond acceptors (Lipinski definition) is 2. The number of benzene rings is 7. The highest BCUT2D eigenvalue weighted by atomic mass is 15.0. The Morgan fingerprint density at radius 1 is 0.312 bits per heavy atom. The van der Waals surface area contributed by atoms with E-state index in [9.17, 15) is 0 Å². The zero-order chi connectivity index (χ0) is 31.8. The van der Waals surface area contributed by atoms with Crippen molar-refractivity contribution < 1.29 is 0 Å². The Morgan fingerprint density at radius 2 is 0.646 bits per heavy atom. The van der Waals surface area contributed by atoms with Crippen LogP contribution in [-0.4, -0.2) is 0 Å². The van der Waals surface area contributed by atoms with Crippen molar-refractivity contribution in [2.45, 2.75) is 24.7 Å². The third kappa shape index (κ3) is 2.96. The van der Waals surface area contributed by atoms with Crippen LogP contribution in [0.15, 0.2) is 146 Å². The molecule has 7 aromatic carbocycles. The van der Waals surface area contributed by atoms with Gasteiger partial charge >= 0.3 is 0 Å². The molecule has 0 fully saturated rings. The summed E-state index contributed by atoms with van der Waals surface area (Å²) in [6.07, 6.45) is 0. The predicted molar refractivity (Wildman–Crippen MR) is 197 cm³/mol. The van der Waals surface area contributed by atoms with E-state index in [0.29, 0.717) is 0 Å². The molecule has 0 bridgehead atoms. The Hall–Kier alpha value is -5.86. The molecule has 2 aliphatic carbocycles. The number of nitrogens with one attached hydrogen (secondary N) is 2. The van der Waals surface area contributed by atoms with Gasteiger partial charge in [0, 0.05) is 22.7 Å². The van der Waals surface area contributed by atoms with Gasteiger partial charge in [-0.25, -0.2) is 0 Å². The average Bonchev–Trinajstić information content (AvgIpc) is 3.58. The molecule has 48 heavy (non-hydrogen) atoms. The van der Waals surface area contributed by atoms with Crippen LogP contribution in [0.1, 0.15) is 55.6 Å². The van der Waals surface area contributed by atoms with Crippen LogP contribution in [0.25, 0.3) is 22.3 Å². The Balaban J connectivity index is 1.33. The normalized spacial score (nSPS) is 15.5. The summed E-state index contributed by atoms with van der Waals surface area (Å²) in [4.78, 5) is 0. The third-order valence-electron chi connectivity index (χ3n) is 11.6. The summed E-state index contributed by atoms with van der Waals surface area (Å²) in [6, 6.07) is 55.1. The van der Waals surface area contributed by atoms with Crippen molar-refractivity contribution in [3.8, 4) is 22.3 Å². The van der Waals surface area contributed by atoms with Crippen molar-refractivity contribution in [1.29, 1.82) is 0 Å². The lowest BCUT2D eigenvalue weighted by molar-refractivity contribution is 0.733. The molecule has 226 valence electrons. The maximum atomic E-state index is 3.94. The number of fused-ring (bicyclic) bond motifs is 18. The Labute approximate surface area is 280 Å². The lowest BCUT2D eigenvalue weighted by atomic mass is 9.61. The molecular weight excluding hydrogens is 581 g/mol. The van der Waals surface area contributed by atoms with E-state index in [2.05, 4.69) is 170 Å². The quantitative estimate of drug-likeness (QED) is 0.178. The van der Waals surface area contributed by atoms with Crippen LogP contribution >= 0.6 is 0 Å². The average molecular weight is 613 g/mol. The lowest BCUT2D eigenvalue weighted by Crippen LogP contribution is -2.37. The van der Waals surface area contributed by atoms with Crippen LogP contribution in [0.3, 0.4) is 0 Å². The Kier molecular flexibility index (Phi) is 4.88. The lowest BCUT2D eigenvalue weighted by Gasteiger charge is -2.45. The summed E-state index contributed by atoms with van der Waals surface area (Å²) >= 11 is 0. The van der Waals surface area contributed by atoms with E-state index in [1.165, 1.54) is 77.9 Å². The Bertz CT molecular complexity index is 2290. The molecule has 2 heterocycles. The third-order valence-corrected chi connectivity index (χ3v) is 11.6. The van der Waals surface area contributed by atoms with Crippen molar-refractivity contribution in [1.82, 2.24) is 0 Å². The largest absolute Gasteiger partial charge is 0.355 e. The number of aryl methyl sites for hydroxylation is 2. The summed E-state index contributed by atoms with van der Waals surface area (Å²) in [5, 5.41) is 7.88. The van der Waals surface area contributed by atoms with Gasteiger partial charge < -0.3 is 10.6 Å². The summed E-state index contributed by atoms with van der Waals surface area (Å²) < 4.78 is 0. The minimum Gasteiger partial charge on any atom is -0.355 e. The van der Waals surface area contributed by atoms with Crippen LogP contribution in [0.5, 0.6) is 0 Å². The smallest absolute Gasteiger partial charge is 0.0754 e. The van der Waals surface area contributed by atoms with E-state index < -0.39 is 10.8 Å². The molecule has 7 aromatic rings. The molecule has 0 aromatic heterocycles. The van der Waals surface area contributed by atoms with E-state index in [0.717, 1.165) is 22.7 Å².